The molecule has 2 rings (SSSR count). The van der Waals surface area contributed by atoms with Crippen LogP contribution < -0.4 is 9.47 Å². The summed E-state index contributed by atoms with van der Waals surface area (Å²) in [7, 11) is 0. The molecule has 1 heterocycles. The molecule has 2 aromatic rings. The standard InChI is InChI=1S/C15H17NO2/c1-15(2,3)13-9-10-16(17)11-14(13)18-12-7-5-4-6-8-12/h4-11H,1-3H3. The molecule has 0 aliphatic rings. The van der Waals surface area contributed by atoms with Crippen molar-refractivity contribution in [1.29, 1.82) is 0 Å². The Morgan fingerprint density at radius 2 is 1.72 bits per heavy atom. The minimum atomic E-state index is -0.0711. The average molecular weight is 243 g/mol. The first-order valence-electron chi connectivity index (χ1n) is 5.93. The van der Waals surface area contributed by atoms with Crippen LogP contribution in [0, 0.1) is 5.21 Å². The number of ether oxygens (including phenoxy) is 1. The fourth-order valence-electron chi connectivity index (χ4n) is 1.77. The van der Waals surface area contributed by atoms with Gasteiger partial charge in [-0.3, -0.25) is 0 Å². The topological polar surface area (TPSA) is 36.2 Å². The van der Waals surface area contributed by atoms with Crippen molar-refractivity contribution in [3.63, 3.8) is 0 Å². The van der Waals surface area contributed by atoms with Gasteiger partial charge in [0.25, 0.3) is 0 Å². The number of benzene rings is 1. The fraction of sp³-hybridized carbons (Fsp3) is 0.267. The summed E-state index contributed by atoms with van der Waals surface area (Å²) in [5, 5.41) is 11.4. The molecule has 0 radical (unpaired) electrons. The van der Waals surface area contributed by atoms with Gasteiger partial charge in [0.15, 0.2) is 11.9 Å². The lowest BCUT2D eigenvalue weighted by atomic mass is 9.87. The maximum absolute atomic E-state index is 11.4. The first-order valence-corrected chi connectivity index (χ1v) is 5.93. The summed E-state index contributed by atoms with van der Waals surface area (Å²) < 4.78 is 6.55. The van der Waals surface area contributed by atoms with E-state index in [1.807, 2.05) is 36.4 Å². The fourth-order valence-corrected chi connectivity index (χ4v) is 1.77. The number of rotatable bonds is 2. The van der Waals surface area contributed by atoms with Crippen molar-refractivity contribution in [3.8, 4) is 11.5 Å². The summed E-state index contributed by atoms with van der Waals surface area (Å²) in [4.78, 5) is 0. The van der Waals surface area contributed by atoms with Crippen LogP contribution in [-0.4, -0.2) is 0 Å². The van der Waals surface area contributed by atoms with Crippen LogP contribution in [0.3, 0.4) is 0 Å². The van der Waals surface area contributed by atoms with Crippen molar-refractivity contribution >= 4 is 0 Å². The zero-order valence-electron chi connectivity index (χ0n) is 10.9. The molecule has 0 saturated carbocycles. The number of para-hydroxylation sites is 1. The number of pyridine rings is 1. The summed E-state index contributed by atoms with van der Waals surface area (Å²) in [6.45, 7) is 6.28. The third-order valence-electron chi connectivity index (χ3n) is 2.68. The van der Waals surface area contributed by atoms with Gasteiger partial charge in [0.05, 0.1) is 0 Å². The Kier molecular flexibility index (Phi) is 3.24. The van der Waals surface area contributed by atoms with E-state index in [0.29, 0.717) is 5.75 Å². The molecule has 0 fully saturated rings. The summed E-state index contributed by atoms with van der Waals surface area (Å²) in [5.41, 5.74) is 0.941. The summed E-state index contributed by atoms with van der Waals surface area (Å²) in [6.07, 6.45) is 2.96. The Morgan fingerprint density at radius 3 is 2.33 bits per heavy atom. The lowest BCUT2D eigenvalue weighted by Gasteiger charge is -2.21. The van der Waals surface area contributed by atoms with Crippen LogP contribution in [0.5, 0.6) is 11.5 Å². The molecular weight excluding hydrogens is 226 g/mol. The third kappa shape index (κ3) is 2.80. The van der Waals surface area contributed by atoms with Crippen LogP contribution in [0.25, 0.3) is 0 Å². The Labute approximate surface area is 107 Å². The lowest BCUT2D eigenvalue weighted by Crippen LogP contribution is -2.26. The van der Waals surface area contributed by atoms with Crippen LogP contribution in [-0.2, 0) is 5.41 Å². The van der Waals surface area contributed by atoms with Crippen LogP contribution in [0.2, 0.25) is 0 Å². The molecular formula is C15H17NO2. The molecule has 18 heavy (non-hydrogen) atoms. The van der Waals surface area contributed by atoms with Gasteiger partial charge in [0, 0.05) is 11.6 Å². The van der Waals surface area contributed by atoms with Crippen molar-refractivity contribution in [2.45, 2.75) is 26.2 Å². The largest absolute Gasteiger partial charge is 0.619 e. The van der Waals surface area contributed by atoms with Crippen molar-refractivity contribution in [1.82, 2.24) is 0 Å². The SMILES string of the molecule is CC(C)(C)c1cc[n+]([O-])cc1Oc1ccccc1. The highest BCUT2D eigenvalue weighted by Crippen LogP contribution is 2.32. The molecule has 0 N–H and O–H groups in total. The second kappa shape index (κ2) is 4.69. The second-order valence-electron chi connectivity index (χ2n) is 5.25. The van der Waals surface area contributed by atoms with E-state index in [1.54, 1.807) is 0 Å². The van der Waals surface area contributed by atoms with Gasteiger partial charge < -0.3 is 9.94 Å². The van der Waals surface area contributed by atoms with Crippen molar-refractivity contribution in [3.05, 3.63) is 59.6 Å². The van der Waals surface area contributed by atoms with Gasteiger partial charge in [-0.25, -0.2) is 0 Å². The van der Waals surface area contributed by atoms with Gasteiger partial charge in [0.2, 0.25) is 6.20 Å². The summed E-state index contributed by atoms with van der Waals surface area (Å²) in [5.74, 6) is 1.33. The number of nitrogens with zero attached hydrogens (tertiary/aromatic N) is 1. The normalized spacial score (nSPS) is 11.3. The minimum absolute atomic E-state index is 0.0711. The van der Waals surface area contributed by atoms with E-state index in [1.165, 1.54) is 12.4 Å². The van der Waals surface area contributed by atoms with E-state index >= 15 is 0 Å². The van der Waals surface area contributed by atoms with Crippen LogP contribution in [0.15, 0.2) is 48.8 Å². The van der Waals surface area contributed by atoms with E-state index < -0.39 is 0 Å². The van der Waals surface area contributed by atoms with Gasteiger partial charge >= 0.3 is 0 Å². The lowest BCUT2D eigenvalue weighted by molar-refractivity contribution is -0.605. The zero-order valence-corrected chi connectivity index (χ0v) is 10.9. The molecule has 3 nitrogen and oxygen atoms in total. The van der Waals surface area contributed by atoms with E-state index in [4.69, 9.17) is 4.74 Å². The van der Waals surface area contributed by atoms with Gasteiger partial charge in [0.1, 0.15) is 5.75 Å². The Morgan fingerprint density at radius 1 is 1.06 bits per heavy atom. The van der Waals surface area contributed by atoms with Gasteiger partial charge in [-0.2, -0.15) is 4.73 Å². The van der Waals surface area contributed by atoms with Crippen LogP contribution in [0.1, 0.15) is 26.3 Å². The van der Waals surface area contributed by atoms with E-state index in [-0.39, 0.29) is 5.41 Å². The molecule has 0 bridgehead atoms. The van der Waals surface area contributed by atoms with Crippen molar-refractivity contribution < 1.29 is 9.47 Å². The molecule has 0 spiro atoms. The third-order valence-corrected chi connectivity index (χ3v) is 2.68. The minimum Gasteiger partial charge on any atom is -0.619 e. The monoisotopic (exact) mass is 243 g/mol. The molecule has 0 aliphatic heterocycles. The Bertz CT molecular complexity index is 530. The molecule has 0 unspecified atom stereocenters. The summed E-state index contributed by atoms with van der Waals surface area (Å²) in [6, 6.07) is 11.3. The molecule has 0 saturated heterocycles. The Hall–Kier alpha value is -2.03. The van der Waals surface area contributed by atoms with E-state index in [0.717, 1.165) is 16.0 Å². The molecule has 0 aliphatic carbocycles. The number of aromatic nitrogens is 1. The highest BCUT2D eigenvalue weighted by molar-refractivity contribution is 5.38. The quantitative estimate of drug-likeness (QED) is 0.598. The van der Waals surface area contributed by atoms with Gasteiger partial charge in [-0.1, -0.05) is 39.0 Å². The Balaban J connectivity index is 2.40. The summed E-state index contributed by atoms with van der Waals surface area (Å²) >= 11 is 0. The zero-order chi connectivity index (χ0) is 13.2. The maximum Gasteiger partial charge on any atom is 0.223 e. The molecule has 3 heteroatoms. The maximum atomic E-state index is 11.4. The van der Waals surface area contributed by atoms with E-state index in [2.05, 4.69) is 20.8 Å². The number of hydrogen-bond donors (Lipinski definition) is 0. The second-order valence-corrected chi connectivity index (χ2v) is 5.25. The molecule has 1 aromatic heterocycles. The van der Waals surface area contributed by atoms with Crippen LogP contribution >= 0.6 is 0 Å². The molecule has 1 aromatic carbocycles. The molecule has 0 atom stereocenters. The van der Waals surface area contributed by atoms with E-state index in [9.17, 15) is 5.21 Å². The smallest absolute Gasteiger partial charge is 0.223 e. The average Bonchev–Trinajstić information content (AvgIpc) is 2.28. The van der Waals surface area contributed by atoms with Crippen molar-refractivity contribution in [2.24, 2.45) is 0 Å². The van der Waals surface area contributed by atoms with Crippen molar-refractivity contribution in [2.75, 3.05) is 0 Å². The van der Waals surface area contributed by atoms with Gasteiger partial charge in [-0.15, -0.1) is 0 Å². The first-order chi connectivity index (χ1) is 8.47. The van der Waals surface area contributed by atoms with Gasteiger partial charge in [-0.05, 0) is 17.5 Å². The van der Waals surface area contributed by atoms with Crippen LogP contribution in [0.4, 0.5) is 0 Å². The highest BCUT2D eigenvalue weighted by Gasteiger charge is 2.21. The predicted molar refractivity (Wildman–Crippen MR) is 70.6 cm³/mol. The molecule has 94 valence electrons. The highest BCUT2D eigenvalue weighted by atomic mass is 16.5. The predicted octanol–water partition coefficient (Wildman–Crippen LogP) is 3.41. The first kappa shape index (κ1) is 12.4. The molecule has 0 amide bonds. The number of hydrogen-bond acceptors (Lipinski definition) is 2.